The Hall–Kier alpha value is -4.12. The minimum atomic E-state index is -4.68. The first-order valence-corrected chi connectivity index (χ1v) is 19.0. The third-order valence-corrected chi connectivity index (χ3v) is 12.3. The molecule has 3 fully saturated rings. The highest BCUT2D eigenvalue weighted by atomic mass is 35.5. The Morgan fingerprint density at radius 3 is 2.48 bits per heavy atom. The molecule has 0 bridgehead atoms. The molecule has 0 spiro atoms. The number of sulfonamides is 1. The van der Waals surface area contributed by atoms with Crippen molar-refractivity contribution in [1.82, 2.24) is 24.8 Å². The Morgan fingerprint density at radius 2 is 1.87 bits per heavy atom. The van der Waals surface area contributed by atoms with E-state index in [2.05, 4.69) is 20.3 Å². The average molecular weight is 769 g/mol. The normalized spacial score (nSPS) is 24.7. The highest BCUT2D eigenvalue weighted by Crippen LogP contribution is 2.47. The molecule has 2 aliphatic heterocycles. The summed E-state index contributed by atoms with van der Waals surface area (Å²) in [4.78, 5) is 61.5. The lowest BCUT2D eigenvalue weighted by atomic mass is 10.0. The first kappa shape index (κ1) is 37.6. The Labute approximate surface area is 304 Å². The summed E-state index contributed by atoms with van der Waals surface area (Å²) in [6, 6.07) is 3.73. The number of hydrogen-bond acceptors (Lipinski definition) is 9. The maximum atomic E-state index is 14.3. The number of likely N-dealkylation sites (tertiary alicyclic amines) is 1. The summed E-state index contributed by atoms with van der Waals surface area (Å²) in [6.45, 7) is 5.33. The maximum Gasteiger partial charge on any atom is 0.417 e. The molecule has 1 aromatic carbocycles. The molecule has 4 amide bonds. The number of nitrogens with zero attached hydrogens (tertiary/aromatic N) is 3. The van der Waals surface area contributed by atoms with Gasteiger partial charge in [0, 0.05) is 30.4 Å². The molecule has 6 rings (SSSR count). The van der Waals surface area contributed by atoms with Crippen LogP contribution in [0.4, 0.5) is 23.7 Å². The first-order chi connectivity index (χ1) is 24.4. The standard InChI is InChI=1S/C34H40ClF3N6O7S/c1-4-20-12-33(20,31(47)42-52(49,50)24-8-9-24)41-29(45)27-11-23(51-32(48)43-15-19-6-5-7-26(35)25(19)17-43)16-44(27)30(46)28(18(2)3)40-22-10-21(13-39-14-22)34(36,37)38/h5-7,10,13-14,18,20,23-24,27-28,40H,4,8-9,11-12,15-17H2,1-3H3,(H,41,45)(H,42,47)/t20-,23?,27+,28+,33-/m1/s1. The van der Waals surface area contributed by atoms with Gasteiger partial charge in [-0.05, 0) is 54.4 Å². The van der Waals surface area contributed by atoms with Gasteiger partial charge in [-0.2, -0.15) is 13.2 Å². The molecule has 2 aliphatic carbocycles. The molecule has 52 heavy (non-hydrogen) atoms. The van der Waals surface area contributed by atoms with Crippen molar-refractivity contribution >= 4 is 51.1 Å². The number of hydrogen-bond donors (Lipinski definition) is 3. The topological polar surface area (TPSA) is 167 Å². The third-order valence-electron chi connectivity index (χ3n) is 10.2. The van der Waals surface area contributed by atoms with E-state index in [9.17, 15) is 40.8 Å². The summed E-state index contributed by atoms with van der Waals surface area (Å²) < 4.78 is 73.6. The molecule has 0 radical (unpaired) electrons. The summed E-state index contributed by atoms with van der Waals surface area (Å²) in [5.41, 5.74) is -1.00. The van der Waals surface area contributed by atoms with E-state index in [1.165, 1.54) is 9.80 Å². The van der Waals surface area contributed by atoms with Crippen LogP contribution in [0.3, 0.4) is 0 Å². The number of nitrogens with one attached hydrogen (secondary N) is 3. The van der Waals surface area contributed by atoms with Crippen molar-refractivity contribution in [3.63, 3.8) is 0 Å². The fraction of sp³-hybridized carbons (Fsp3) is 0.559. The number of ether oxygens (including phenoxy) is 1. The van der Waals surface area contributed by atoms with Gasteiger partial charge in [-0.15, -0.1) is 0 Å². The zero-order chi connectivity index (χ0) is 37.7. The fourth-order valence-electron chi connectivity index (χ4n) is 6.94. The number of anilines is 1. The van der Waals surface area contributed by atoms with E-state index in [4.69, 9.17) is 16.3 Å². The smallest absolute Gasteiger partial charge is 0.417 e. The number of fused-ring (bicyclic) bond motifs is 1. The van der Waals surface area contributed by atoms with Crippen LogP contribution >= 0.6 is 11.6 Å². The van der Waals surface area contributed by atoms with Crippen molar-refractivity contribution in [1.29, 1.82) is 0 Å². The number of pyridine rings is 1. The van der Waals surface area contributed by atoms with Crippen LogP contribution in [0.2, 0.25) is 5.02 Å². The Morgan fingerprint density at radius 1 is 1.13 bits per heavy atom. The van der Waals surface area contributed by atoms with Gasteiger partial charge in [0.1, 0.15) is 23.7 Å². The predicted molar refractivity (Wildman–Crippen MR) is 182 cm³/mol. The molecule has 1 unspecified atom stereocenters. The highest BCUT2D eigenvalue weighted by molar-refractivity contribution is 7.91. The number of amides is 4. The summed E-state index contributed by atoms with van der Waals surface area (Å²) in [5, 5.41) is 5.40. The predicted octanol–water partition coefficient (Wildman–Crippen LogP) is 4.21. The number of rotatable bonds is 11. The van der Waals surface area contributed by atoms with Gasteiger partial charge < -0.3 is 20.3 Å². The van der Waals surface area contributed by atoms with Crippen LogP contribution in [0, 0.1) is 11.8 Å². The molecule has 13 nitrogen and oxygen atoms in total. The van der Waals surface area contributed by atoms with Gasteiger partial charge in [0.2, 0.25) is 21.8 Å². The lowest BCUT2D eigenvalue weighted by Gasteiger charge is -2.31. The fourth-order valence-corrected chi connectivity index (χ4v) is 8.56. The summed E-state index contributed by atoms with van der Waals surface area (Å²) in [7, 11) is -3.93. The monoisotopic (exact) mass is 768 g/mol. The van der Waals surface area contributed by atoms with Gasteiger partial charge in [0.05, 0.1) is 29.6 Å². The van der Waals surface area contributed by atoms with E-state index in [1.807, 2.05) is 6.07 Å². The van der Waals surface area contributed by atoms with Crippen LogP contribution < -0.4 is 15.4 Å². The quantitative estimate of drug-likeness (QED) is 0.304. The number of carbonyl (C=O) groups is 4. The minimum absolute atomic E-state index is 0.0754. The molecule has 3 heterocycles. The Balaban J connectivity index is 1.24. The summed E-state index contributed by atoms with van der Waals surface area (Å²) >= 11 is 6.32. The van der Waals surface area contributed by atoms with E-state index in [1.54, 1.807) is 32.9 Å². The number of halogens is 4. The SMILES string of the molecule is CC[C@@H]1C[C@]1(NC(=O)[C@@H]1CC(OC(=O)N2Cc3cccc(Cl)c3C2)CN1C(=O)[C@@H](Nc1cncc(C(F)(F)F)c1)C(C)C)C(=O)NS(=O)(=O)C1CC1. The van der Waals surface area contributed by atoms with Gasteiger partial charge in [0.25, 0.3) is 5.91 Å². The Bertz CT molecular complexity index is 1880. The zero-order valence-corrected chi connectivity index (χ0v) is 30.3. The second-order valence-electron chi connectivity index (χ2n) is 14.3. The molecule has 1 saturated heterocycles. The van der Waals surface area contributed by atoms with Crippen molar-refractivity contribution in [3.05, 3.63) is 58.4 Å². The van der Waals surface area contributed by atoms with E-state index in [0.717, 1.165) is 23.4 Å². The van der Waals surface area contributed by atoms with E-state index < -0.39 is 80.5 Å². The lowest BCUT2D eigenvalue weighted by Crippen LogP contribution is -2.58. The van der Waals surface area contributed by atoms with Crippen molar-refractivity contribution in [2.24, 2.45) is 11.8 Å². The molecule has 4 aliphatic rings. The third kappa shape index (κ3) is 7.65. The number of benzene rings is 1. The minimum Gasteiger partial charge on any atom is -0.444 e. The van der Waals surface area contributed by atoms with Crippen molar-refractivity contribution < 1.29 is 45.5 Å². The van der Waals surface area contributed by atoms with Gasteiger partial charge in [-0.3, -0.25) is 29.0 Å². The highest BCUT2D eigenvalue weighted by Gasteiger charge is 2.62. The van der Waals surface area contributed by atoms with Crippen LogP contribution in [-0.2, 0) is 48.4 Å². The van der Waals surface area contributed by atoms with Crippen LogP contribution in [-0.4, -0.2) is 82.5 Å². The number of alkyl halides is 3. The van der Waals surface area contributed by atoms with Crippen molar-refractivity contribution in [3.8, 4) is 0 Å². The molecule has 1 aromatic heterocycles. The Kier molecular flexibility index (Phi) is 10.1. The molecule has 2 saturated carbocycles. The van der Waals surface area contributed by atoms with Crippen molar-refractivity contribution in [2.75, 3.05) is 11.9 Å². The number of carbonyl (C=O) groups excluding carboxylic acids is 4. The van der Waals surface area contributed by atoms with Crippen molar-refractivity contribution in [2.45, 2.75) is 101 Å². The van der Waals surface area contributed by atoms with Gasteiger partial charge in [-0.25, -0.2) is 13.2 Å². The zero-order valence-electron chi connectivity index (χ0n) is 28.7. The molecule has 3 N–H and O–H groups in total. The molecule has 5 atom stereocenters. The van der Waals surface area contributed by atoms with Gasteiger partial charge >= 0.3 is 12.3 Å². The summed E-state index contributed by atoms with van der Waals surface area (Å²) in [5.74, 6) is -3.15. The van der Waals surface area contributed by atoms with Gasteiger partial charge in [-0.1, -0.05) is 50.9 Å². The average Bonchev–Trinajstić information content (AvgIpc) is 3.97. The summed E-state index contributed by atoms with van der Waals surface area (Å²) in [6.07, 6.45) is -3.22. The van der Waals surface area contributed by atoms with Crippen LogP contribution in [0.1, 0.15) is 69.6 Å². The lowest BCUT2D eigenvalue weighted by molar-refractivity contribution is -0.140. The first-order valence-electron chi connectivity index (χ1n) is 17.1. The molecule has 18 heteroatoms. The maximum absolute atomic E-state index is 14.3. The van der Waals surface area contributed by atoms with E-state index >= 15 is 0 Å². The van der Waals surface area contributed by atoms with Gasteiger partial charge in [0.15, 0.2) is 0 Å². The van der Waals surface area contributed by atoms with E-state index in [-0.39, 0.29) is 44.1 Å². The molecular formula is C34H40ClF3N6O7S. The number of aromatic nitrogens is 1. The second kappa shape index (κ2) is 14.0. The van der Waals surface area contributed by atoms with E-state index in [0.29, 0.717) is 30.5 Å². The second-order valence-corrected chi connectivity index (χ2v) is 16.6. The van der Waals surface area contributed by atoms with Crippen LogP contribution in [0.15, 0.2) is 36.7 Å². The largest absolute Gasteiger partial charge is 0.444 e. The molecule has 282 valence electrons. The van der Waals surface area contributed by atoms with Crippen LogP contribution in [0.5, 0.6) is 0 Å². The molecule has 2 aromatic rings. The van der Waals surface area contributed by atoms with Crippen LogP contribution in [0.25, 0.3) is 0 Å². The molecular weight excluding hydrogens is 729 g/mol.